The highest BCUT2D eigenvalue weighted by Gasteiger charge is 2.15. The van der Waals surface area contributed by atoms with Crippen molar-refractivity contribution in [2.45, 2.75) is 12.8 Å². The van der Waals surface area contributed by atoms with Crippen LogP contribution >= 0.6 is 0 Å². The molecule has 1 aliphatic rings. The van der Waals surface area contributed by atoms with Crippen molar-refractivity contribution in [1.82, 2.24) is 0 Å². The number of ether oxygens (including phenoxy) is 2. The normalized spacial score (nSPS) is 16.8. The number of carbonyl (C=O) groups is 2. The van der Waals surface area contributed by atoms with E-state index in [1.165, 1.54) is 0 Å². The summed E-state index contributed by atoms with van der Waals surface area (Å²) >= 11 is 0. The van der Waals surface area contributed by atoms with Gasteiger partial charge in [0, 0.05) is 5.56 Å². The Hall–Kier alpha value is -3.08. The predicted octanol–water partition coefficient (Wildman–Crippen LogP) is 3.82. The topological polar surface area (TPSA) is 64.6 Å². The van der Waals surface area contributed by atoms with Crippen LogP contribution in [0, 0.1) is 0 Å². The second-order valence-corrected chi connectivity index (χ2v) is 5.59. The number of allylic oxidation sites excluding steroid dienone is 1. The number of fused-ring (bicyclic) bond motifs is 3. The molecule has 1 N–H and O–H groups in total. The monoisotopic (exact) mass is 337 g/mol. The van der Waals surface area contributed by atoms with Gasteiger partial charge in [0.1, 0.15) is 12.4 Å². The first-order valence-electron chi connectivity index (χ1n) is 8.19. The molecule has 2 aromatic rings. The van der Waals surface area contributed by atoms with Crippen LogP contribution in [0.25, 0.3) is 0 Å². The SMILES string of the molecule is O=C1Nc2ccccc2C(=O)OCCC/C=C/COc2cccc1c2. The fourth-order valence-corrected chi connectivity index (χ4v) is 2.47. The molecule has 0 atom stereocenters. The molecule has 1 aliphatic heterocycles. The van der Waals surface area contributed by atoms with E-state index in [-0.39, 0.29) is 5.91 Å². The number of nitrogens with one attached hydrogen (secondary N) is 1. The van der Waals surface area contributed by atoms with Crippen LogP contribution in [0.4, 0.5) is 5.69 Å². The van der Waals surface area contributed by atoms with E-state index in [2.05, 4.69) is 5.32 Å². The van der Waals surface area contributed by atoms with E-state index < -0.39 is 5.97 Å². The zero-order valence-corrected chi connectivity index (χ0v) is 13.7. The van der Waals surface area contributed by atoms with Crippen LogP contribution in [0.2, 0.25) is 0 Å². The van der Waals surface area contributed by atoms with E-state index >= 15 is 0 Å². The van der Waals surface area contributed by atoms with Gasteiger partial charge in [0.25, 0.3) is 5.91 Å². The van der Waals surface area contributed by atoms with E-state index in [0.717, 1.165) is 12.8 Å². The summed E-state index contributed by atoms with van der Waals surface area (Å²) in [6, 6.07) is 13.8. The summed E-state index contributed by atoms with van der Waals surface area (Å²) in [6.07, 6.45) is 5.43. The maximum atomic E-state index is 12.5. The number of hydrogen-bond donors (Lipinski definition) is 1. The standard InChI is InChI=1S/C20H19NO4/c22-19-15-8-7-9-16(14-15)24-12-5-1-2-6-13-25-20(23)17-10-3-4-11-18(17)21-19/h1,3-5,7-11,14H,2,6,12-13H2,(H,21,22)/b5-1+. The summed E-state index contributed by atoms with van der Waals surface area (Å²) in [7, 11) is 0. The van der Waals surface area contributed by atoms with Crippen LogP contribution in [-0.2, 0) is 4.74 Å². The quantitative estimate of drug-likeness (QED) is 0.586. The molecular weight excluding hydrogens is 318 g/mol. The first-order chi connectivity index (χ1) is 12.2. The molecule has 0 saturated carbocycles. The van der Waals surface area contributed by atoms with Crippen molar-refractivity contribution in [1.29, 1.82) is 0 Å². The summed E-state index contributed by atoms with van der Waals surface area (Å²) in [6.45, 7) is 0.749. The molecule has 0 fully saturated rings. The zero-order valence-electron chi connectivity index (χ0n) is 13.7. The summed E-state index contributed by atoms with van der Waals surface area (Å²) < 4.78 is 10.9. The van der Waals surface area contributed by atoms with Crippen molar-refractivity contribution in [3.63, 3.8) is 0 Å². The molecule has 25 heavy (non-hydrogen) atoms. The Morgan fingerprint density at radius 2 is 1.80 bits per heavy atom. The molecule has 3 rings (SSSR count). The summed E-state index contributed by atoms with van der Waals surface area (Å²) in [4.78, 5) is 24.8. The van der Waals surface area contributed by atoms with E-state index in [1.54, 1.807) is 48.5 Å². The number of carbonyl (C=O) groups excluding carboxylic acids is 2. The number of rotatable bonds is 0. The van der Waals surface area contributed by atoms with Crippen molar-refractivity contribution >= 4 is 17.6 Å². The van der Waals surface area contributed by atoms with Gasteiger partial charge in [-0.15, -0.1) is 0 Å². The molecule has 0 saturated heterocycles. The molecule has 0 aromatic heterocycles. The summed E-state index contributed by atoms with van der Waals surface area (Å²) in [5.41, 5.74) is 1.22. The van der Waals surface area contributed by atoms with Crippen LogP contribution in [0.5, 0.6) is 5.75 Å². The average molecular weight is 337 g/mol. The number of cyclic esters (lactones) is 1. The highest BCUT2D eigenvalue weighted by atomic mass is 16.5. The van der Waals surface area contributed by atoms with Gasteiger partial charge in [-0.05, 0) is 43.2 Å². The average Bonchev–Trinajstić information content (AvgIpc) is 2.63. The van der Waals surface area contributed by atoms with E-state index in [9.17, 15) is 9.59 Å². The first-order valence-corrected chi connectivity index (χ1v) is 8.19. The second kappa shape index (κ2) is 8.15. The van der Waals surface area contributed by atoms with Crippen molar-refractivity contribution < 1.29 is 19.1 Å². The lowest BCUT2D eigenvalue weighted by molar-refractivity contribution is 0.0502. The Labute approximate surface area is 146 Å². The van der Waals surface area contributed by atoms with E-state index in [0.29, 0.717) is 35.8 Å². The Morgan fingerprint density at radius 3 is 2.72 bits per heavy atom. The third-order valence-electron chi connectivity index (χ3n) is 3.75. The summed E-state index contributed by atoms with van der Waals surface area (Å²) in [5.74, 6) is -0.130. The summed E-state index contributed by atoms with van der Waals surface area (Å²) in [5, 5.41) is 2.77. The third-order valence-corrected chi connectivity index (χ3v) is 3.75. The van der Waals surface area contributed by atoms with Crippen LogP contribution in [-0.4, -0.2) is 25.1 Å². The predicted molar refractivity (Wildman–Crippen MR) is 95.0 cm³/mol. The Balaban J connectivity index is 1.90. The molecule has 0 unspecified atom stereocenters. The van der Waals surface area contributed by atoms with Crippen LogP contribution in [0.15, 0.2) is 60.7 Å². The van der Waals surface area contributed by atoms with E-state index in [4.69, 9.17) is 9.47 Å². The Bertz CT molecular complexity index is 798. The minimum absolute atomic E-state index is 0.312. The molecule has 1 heterocycles. The smallest absolute Gasteiger partial charge is 0.340 e. The molecular formula is C20H19NO4. The minimum Gasteiger partial charge on any atom is -0.490 e. The zero-order chi connectivity index (χ0) is 17.5. The number of amides is 1. The number of anilines is 1. The lowest BCUT2D eigenvalue weighted by atomic mass is 10.1. The first kappa shape index (κ1) is 16.8. The lowest BCUT2D eigenvalue weighted by Gasteiger charge is -2.12. The number of esters is 1. The van der Waals surface area contributed by atoms with Gasteiger partial charge in [-0.3, -0.25) is 4.79 Å². The molecule has 5 nitrogen and oxygen atoms in total. The molecule has 2 bridgehead atoms. The maximum absolute atomic E-state index is 12.5. The van der Waals surface area contributed by atoms with E-state index in [1.807, 2.05) is 12.2 Å². The van der Waals surface area contributed by atoms with Crippen molar-refractivity contribution in [2.75, 3.05) is 18.5 Å². The molecule has 5 heteroatoms. The largest absolute Gasteiger partial charge is 0.490 e. The van der Waals surface area contributed by atoms with Crippen molar-refractivity contribution in [2.24, 2.45) is 0 Å². The van der Waals surface area contributed by atoms with Gasteiger partial charge in [0.2, 0.25) is 0 Å². The number of para-hydroxylation sites is 1. The fourth-order valence-electron chi connectivity index (χ4n) is 2.47. The fraction of sp³-hybridized carbons (Fsp3) is 0.200. The van der Waals surface area contributed by atoms with Gasteiger partial charge >= 0.3 is 5.97 Å². The van der Waals surface area contributed by atoms with Gasteiger partial charge in [-0.25, -0.2) is 4.79 Å². The van der Waals surface area contributed by atoms with Gasteiger partial charge in [-0.2, -0.15) is 0 Å². The van der Waals surface area contributed by atoms with Gasteiger partial charge in [0.15, 0.2) is 0 Å². The lowest BCUT2D eigenvalue weighted by Crippen LogP contribution is -2.16. The molecule has 128 valence electrons. The van der Waals surface area contributed by atoms with Gasteiger partial charge in [-0.1, -0.05) is 30.4 Å². The third kappa shape index (κ3) is 4.47. The molecule has 2 aromatic carbocycles. The van der Waals surface area contributed by atoms with Gasteiger partial charge < -0.3 is 14.8 Å². The highest BCUT2D eigenvalue weighted by molar-refractivity contribution is 6.08. The van der Waals surface area contributed by atoms with Gasteiger partial charge in [0.05, 0.1) is 17.9 Å². The van der Waals surface area contributed by atoms with Crippen molar-refractivity contribution in [3.05, 3.63) is 71.8 Å². The minimum atomic E-state index is -0.441. The Morgan fingerprint density at radius 1 is 0.920 bits per heavy atom. The Kier molecular flexibility index (Phi) is 5.46. The highest BCUT2D eigenvalue weighted by Crippen LogP contribution is 2.19. The molecule has 0 spiro atoms. The second-order valence-electron chi connectivity index (χ2n) is 5.59. The number of hydrogen-bond acceptors (Lipinski definition) is 4. The maximum Gasteiger partial charge on any atom is 0.340 e. The number of benzene rings is 2. The molecule has 0 aliphatic carbocycles. The van der Waals surface area contributed by atoms with Crippen LogP contribution < -0.4 is 10.1 Å². The van der Waals surface area contributed by atoms with Crippen LogP contribution in [0.3, 0.4) is 0 Å². The van der Waals surface area contributed by atoms with Crippen LogP contribution in [0.1, 0.15) is 33.6 Å². The van der Waals surface area contributed by atoms with Crippen molar-refractivity contribution in [3.8, 4) is 5.75 Å². The molecule has 0 radical (unpaired) electrons. The molecule has 1 amide bonds.